The summed E-state index contributed by atoms with van der Waals surface area (Å²) in [6.07, 6.45) is 4.52. The van der Waals surface area contributed by atoms with Crippen LogP contribution in [0.2, 0.25) is 0 Å². The first-order chi connectivity index (χ1) is 6.52. The zero-order chi connectivity index (χ0) is 10.8. The molecule has 0 spiro atoms. The van der Waals surface area contributed by atoms with Crippen molar-refractivity contribution in [3.8, 4) is 6.07 Å². The monoisotopic (exact) mass is 193 g/mol. The normalized spacial score (nSPS) is 27.6. The Labute approximate surface area is 81.8 Å². The maximum Gasteiger partial charge on any atom is 0.308 e. The first-order valence-corrected chi connectivity index (χ1v) is 4.24. The number of rotatable bonds is 2. The Kier molecular flexibility index (Phi) is 2.61. The van der Waals surface area contributed by atoms with Crippen LogP contribution in [0.3, 0.4) is 0 Å². The number of aliphatic hydroxyl groups is 1. The standard InChI is InChI=1S/C10H11NO3/c1-7(9(13)14)10(6-11)4-2-8(12)3-5-10/h2-4,7,12H,5H2,1H3,(H,13,14). The van der Waals surface area contributed by atoms with Crippen molar-refractivity contribution in [3.63, 3.8) is 0 Å². The van der Waals surface area contributed by atoms with Crippen molar-refractivity contribution in [3.05, 3.63) is 24.0 Å². The molecule has 0 radical (unpaired) electrons. The summed E-state index contributed by atoms with van der Waals surface area (Å²) >= 11 is 0. The molecule has 0 aromatic rings. The third-order valence-corrected chi connectivity index (χ3v) is 2.55. The molecule has 0 saturated carbocycles. The number of nitrogens with zero attached hydrogens (tertiary/aromatic N) is 1. The van der Waals surface area contributed by atoms with Gasteiger partial charge >= 0.3 is 5.97 Å². The number of nitriles is 1. The largest absolute Gasteiger partial charge is 0.508 e. The van der Waals surface area contributed by atoms with Crippen LogP contribution in [0.25, 0.3) is 0 Å². The van der Waals surface area contributed by atoms with Gasteiger partial charge in [-0.25, -0.2) is 0 Å². The van der Waals surface area contributed by atoms with Crippen LogP contribution in [0.15, 0.2) is 24.0 Å². The van der Waals surface area contributed by atoms with Gasteiger partial charge in [0.05, 0.1) is 17.4 Å². The second-order valence-electron chi connectivity index (χ2n) is 3.38. The number of aliphatic carboxylic acids is 1. The van der Waals surface area contributed by atoms with E-state index >= 15 is 0 Å². The maximum atomic E-state index is 10.8. The molecule has 4 nitrogen and oxygen atoms in total. The number of hydrogen-bond donors (Lipinski definition) is 2. The predicted octanol–water partition coefficient (Wildman–Crippen LogP) is 1.62. The number of carboxylic acids is 1. The van der Waals surface area contributed by atoms with Gasteiger partial charge in [0.1, 0.15) is 5.76 Å². The van der Waals surface area contributed by atoms with Gasteiger partial charge in [-0.3, -0.25) is 4.79 Å². The number of carboxylic acid groups (broad SMARTS) is 1. The molecule has 0 aromatic heterocycles. The van der Waals surface area contributed by atoms with Crippen LogP contribution < -0.4 is 0 Å². The Morgan fingerprint density at radius 3 is 2.79 bits per heavy atom. The molecule has 0 bridgehead atoms. The van der Waals surface area contributed by atoms with Crippen molar-refractivity contribution in [1.29, 1.82) is 5.26 Å². The predicted molar refractivity (Wildman–Crippen MR) is 49.3 cm³/mol. The summed E-state index contributed by atoms with van der Waals surface area (Å²) < 4.78 is 0. The van der Waals surface area contributed by atoms with Gasteiger partial charge in [0.2, 0.25) is 0 Å². The van der Waals surface area contributed by atoms with E-state index in [0.717, 1.165) is 0 Å². The molecule has 2 unspecified atom stereocenters. The minimum absolute atomic E-state index is 0.0773. The van der Waals surface area contributed by atoms with E-state index in [9.17, 15) is 4.79 Å². The van der Waals surface area contributed by atoms with Crippen molar-refractivity contribution in [2.45, 2.75) is 13.3 Å². The number of aliphatic hydroxyl groups excluding tert-OH is 1. The third kappa shape index (κ3) is 1.62. The quantitative estimate of drug-likeness (QED) is 0.698. The number of allylic oxidation sites excluding steroid dienone is 3. The third-order valence-electron chi connectivity index (χ3n) is 2.55. The van der Waals surface area contributed by atoms with Crippen molar-refractivity contribution >= 4 is 5.97 Å². The lowest BCUT2D eigenvalue weighted by Gasteiger charge is -2.27. The number of carbonyl (C=O) groups is 1. The van der Waals surface area contributed by atoms with Gasteiger partial charge < -0.3 is 10.2 Å². The summed E-state index contributed by atoms with van der Waals surface area (Å²) in [4.78, 5) is 10.8. The summed E-state index contributed by atoms with van der Waals surface area (Å²) in [7, 11) is 0. The highest BCUT2D eigenvalue weighted by molar-refractivity contribution is 5.72. The molecule has 1 aliphatic rings. The lowest BCUT2D eigenvalue weighted by Crippen LogP contribution is -2.31. The number of hydrogen-bond acceptors (Lipinski definition) is 3. The molecule has 74 valence electrons. The highest BCUT2D eigenvalue weighted by atomic mass is 16.4. The molecule has 0 aromatic carbocycles. The van der Waals surface area contributed by atoms with Gasteiger partial charge in [0, 0.05) is 0 Å². The minimum atomic E-state index is -1.03. The van der Waals surface area contributed by atoms with Crippen molar-refractivity contribution < 1.29 is 15.0 Å². The van der Waals surface area contributed by atoms with Crippen molar-refractivity contribution in [2.75, 3.05) is 0 Å². The van der Waals surface area contributed by atoms with Crippen LogP contribution in [0.1, 0.15) is 13.3 Å². The van der Waals surface area contributed by atoms with Gasteiger partial charge in [-0.2, -0.15) is 5.26 Å². The molecule has 2 N–H and O–H groups in total. The summed E-state index contributed by atoms with van der Waals surface area (Å²) in [6.45, 7) is 1.49. The molecule has 1 rings (SSSR count). The molecule has 1 aliphatic carbocycles. The Balaban J connectivity index is 2.98. The van der Waals surface area contributed by atoms with E-state index < -0.39 is 17.3 Å². The molecule has 14 heavy (non-hydrogen) atoms. The molecule has 0 fully saturated rings. The fraction of sp³-hybridized carbons (Fsp3) is 0.400. The van der Waals surface area contributed by atoms with Crippen molar-refractivity contribution in [1.82, 2.24) is 0 Å². The van der Waals surface area contributed by atoms with Crippen LogP contribution in [0.5, 0.6) is 0 Å². The summed E-state index contributed by atoms with van der Waals surface area (Å²) in [6, 6.07) is 2.00. The van der Waals surface area contributed by atoms with E-state index in [1.807, 2.05) is 6.07 Å². The second-order valence-corrected chi connectivity index (χ2v) is 3.38. The van der Waals surface area contributed by atoms with E-state index in [1.54, 1.807) is 0 Å². The van der Waals surface area contributed by atoms with E-state index in [-0.39, 0.29) is 12.2 Å². The van der Waals surface area contributed by atoms with Crippen LogP contribution in [0.4, 0.5) is 0 Å². The highest BCUT2D eigenvalue weighted by Crippen LogP contribution is 2.36. The van der Waals surface area contributed by atoms with Gasteiger partial charge in [0.15, 0.2) is 0 Å². The lowest BCUT2D eigenvalue weighted by molar-refractivity contribution is -0.143. The van der Waals surface area contributed by atoms with Crippen LogP contribution in [-0.2, 0) is 4.79 Å². The van der Waals surface area contributed by atoms with E-state index in [2.05, 4.69) is 0 Å². The van der Waals surface area contributed by atoms with Gasteiger partial charge in [0.25, 0.3) is 0 Å². The van der Waals surface area contributed by atoms with E-state index in [0.29, 0.717) is 0 Å². The smallest absolute Gasteiger partial charge is 0.308 e. The first-order valence-electron chi connectivity index (χ1n) is 4.24. The zero-order valence-electron chi connectivity index (χ0n) is 7.77. The average Bonchev–Trinajstić information content (AvgIpc) is 2.18. The van der Waals surface area contributed by atoms with Gasteiger partial charge in [-0.15, -0.1) is 0 Å². The molecule has 0 aliphatic heterocycles. The molecule has 4 heteroatoms. The topological polar surface area (TPSA) is 81.3 Å². The zero-order valence-corrected chi connectivity index (χ0v) is 7.77. The Bertz CT molecular complexity index is 351. The molecule has 0 heterocycles. The van der Waals surface area contributed by atoms with Crippen LogP contribution in [0, 0.1) is 22.7 Å². The maximum absolute atomic E-state index is 10.8. The highest BCUT2D eigenvalue weighted by Gasteiger charge is 2.39. The Morgan fingerprint density at radius 2 is 2.43 bits per heavy atom. The summed E-state index contributed by atoms with van der Waals surface area (Å²) in [5.74, 6) is -1.72. The first kappa shape index (κ1) is 10.3. The molecule has 2 atom stereocenters. The lowest BCUT2D eigenvalue weighted by atomic mass is 9.73. The van der Waals surface area contributed by atoms with Crippen molar-refractivity contribution in [2.24, 2.45) is 11.3 Å². The minimum Gasteiger partial charge on any atom is -0.508 e. The fourth-order valence-corrected chi connectivity index (χ4v) is 1.36. The second kappa shape index (κ2) is 3.54. The summed E-state index contributed by atoms with van der Waals surface area (Å²) in [5.41, 5.74) is -1.03. The molecular formula is C10H11NO3. The van der Waals surface area contributed by atoms with Gasteiger partial charge in [-0.1, -0.05) is 13.0 Å². The Hall–Kier alpha value is -1.76. The average molecular weight is 193 g/mol. The van der Waals surface area contributed by atoms with Crippen LogP contribution in [-0.4, -0.2) is 16.2 Å². The molecular weight excluding hydrogens is 182 g/mol. The summed E-state index contributed by atoms with van der Waals surface area (Å²) in [5, 5.41) is 26.9. The molecule has 0 saturated heterocycles. The Morgan fingerprint density at radius 1 is 1.79 bits per heavy atom. The SMILES string of the molecule is CC(C(=O)O)C1(C#N)C=CC(O)=CC1. The molecule has 0 amide bonds. The van der Waals surface area contributed by atoms with E-state index in [1.165, 1.54) is 25.2 Å². The van der Waals surface area contributed by atoms with E-state index in [4.69, 9.17) is 15.5 Å². The fourth-order valence-electron chi connectivity index (χ4n) is 1.36. The van der Waals surface area contributed by atoms with Gasteiger partial charge in [-0.05, 0) is 18.6 Å². The van der Waals surface area contributed by atoms with Crippen LogP contribution >= 0.6 is 0 Å².